The second kappa shape index (κ2) is 10.7. The number of guanidine groups is 1. The van der Waals surface area contributed by atoms with E-state index < -0.39 is 11.7 Å². The van der Waals surface area contributed by atoms with Gasteiger partial charge < -0.3 is 15.2 Å². The first kappa shape index (κ1) is 23.1. The number of benzene rings is 1. The molecule has 1 fully saturated rings. The Bertz CT molecular complexity index is 844. The predicted octanol–water partition coefficient (Wildman–Crippen LogP) is 3.43. The van der Waals surface area contributed by atoms with E-state index in [1.54, 1.807) is 19.2 Å². The van der Waals surface area contributed by atoms with Gasteiger partial charge in [-0.15, -0.1) is 0 Å². The monoisotopic (exact) mass is 436 g/mol. The summed E-state index contributed by atoms with van der Waals surface area (Å²) in [5.41, 5.74) is 0.288. The largest absolute Gasteiger partial charge is 0.416 e. The Morgan fingerprint density at radius 1 is 1.23 bits per heavy atom. The van der Waals surface area contributed by atoms with Gasteiger partial charge in [0.15, 0.2) is 5.96 Å². The predicted molar refractivity (Wildman–Crippen MR) is 116 cm³/mol. The smallest absolute Gasteiger partial charge is 0.356 e. The second-order valence-electron chi connectivity index (χ2n) is 7.93. The van der Waals surface area contributed by atoms with Crippen molar-refractivity contribution in [2.75, 3.05) is 26.7 Å². The molecule has 170 valence electrons. The third-order valence-corrected chi connectivity index (χ3v) is 5.57. The van der Waals surface area contributed by atoms with Gasteiger partial charge in [0.05, 0.1) is 5.56 Å². The van der Waals surface area contributed by atoms with Crippen LogP contribution in [0.1, 0.15) is 36.2 Å². The second-order valence-corrected chi connectivity index (χ2v) is 7.93. The lowest BCUT2D eigenvalue weighted by Gasteiger charge is -2.19. The Kier molecular flexibility index (Phi) is 7.95. The average Bonchev–Trinajstić information content (AvgIpc) is 3.35. The summed E-state index contributed by atoms with van der Waals surface area (Å²) >= 11 is 0. The number of aromatic nitrogens is 2. The van der Waals surface area contributed by atoms with Crippen molar-refractivity contribution in [1.29, 1.82) is 0 Å². The molecule has 1 unspecified atom stereocenters. The van der Waals surface area contributed by atoms with Gasteiger partial charge in [-0.3, -0.25) is 9.89 Å². The van der Waals surface area contributed by atoms with Crippen LogP contribution in [0.5, 0.6) is 0 Å². The number of hydrogen-bond donors (Lipinski definition) is 2. The minimum Gasteiger partial charge on any atom is -0.356 e. The molecule has 9 heteroatoms. The Morgan fingerprint density at radius 3 is 2.65 bits per heavy atom. The van der Waals surface area contributed by atoms with E-state index in [9.17, 15) is 13.2 Å². The third-order valence-electron chi connectivity index (χ3n) is 5.57. The number of rotatable bonds is 8. The zero-order chi connectivity index (χ0) is 22.3. The van der Waals surface area contributed by atoms with Crippen molar-refractivity contribution in [3.8, 4) is 0 Å². The van der Waals surface area contributed by atoms with Crippen LogP contribution in [0.15, 0.2) is 41.7 Å². The van der Waals surface area contributed by atoms with Crippen molar-refractivity contribution in [2.45, 2.75) is 51.5 Å². The number of likely N-dealkylation sites (tertiary alicyclic amines) is 1. The molecule has 1 aromatic heterocycles. The van der Waals surface area contributed by atoms with E-state index in [0.29, 0.717) is 6.54 Å². The number of imidazole rings is 1. The lowest BCUT2D eigenvalue weighted by atomic mass is 10.1. The Balaban J connectivity index is 1.35. The standard InChI is InChI=1S/C22H31F3N6/c1-17-27-11-14-31(17)12-4-3-10-28-21(26-2)29-20-9-13-30(16-20)15-18-5-7-19(8-6-18)22(23,24)25/h5-8,11,14,20H,3-4,9-10,12-13,15-16H2,1-2H3,(H2,26,28,29). The van der Waals surface area contributed by atoms with Crippen LogP contribution in [0.3, 0.4) is 0 Å². The van der Waals surface area contributed by atoms with Gasteiger partial charge in [-0.25, -0.2) is 4.98 Å². The molecule has 0 radical (unpaired) electrons. The molecule has 3 rings (SSSR count). The minimum absolute atomic E-state index is 0.272. The van der Waals surface area contributed by atoms with Crippen molar-refractivity contribution >= 4 is 5.96 Å². The molecule has 2 aromatic rings. The van der Waals surface area contributed by atoms with Crippen molar-refractivity contribution in [1.82, 2.24) is 25.1 Å². The van der Waals surface area contributed by atoms with Crippen molar-refractivity contribution in [3.63, 3.8) is 0 Å². The van der Waals surface area contributed by atoms with E-state index in [1.165, 1.54) is 0 Å². The molecule has 0 amide bonds. The normalized spacial score (nSPS) is 17.8. The maximum Gasteiger partial charge on any atom is 0.416 e. The summed E-state index contributed by atoms with van der Waals surface area (Å²) in [6.07, 6.45) is 2.60. The van der Waals surface area contributed by atoms with Gasteiger partial charge in [-0.2, -0.15) is 13.2 Å². The molecular formula is C22H31F3N6. The first-order chi connectivity index (χ1) is 14.8. The number of halogens is 3. The van der Waals surface area contributed by atoms with Crippen molar-refractivity contribution < 1.29 is 13.2 Å². The molecule has 1 atom stereocenters. The highest BCUT2D eigenvalue weighted by molar-refractivity contribution is 5.79. The zero-order valence-electron chi connectivity index (χ0n) is 18.1. The summed E-state index contributed by atoms with van der Waals surface area (Å²) in [6, 6.07) is 5.71. The summed E-state index contributed by atoms with van der Waals surface area (Å²) in [7, 11) is 1.76. The van der Waals surface area contributed by atoms with Gasteiger partial charge in [-0.1, -0.05) is 12.1 Å². The maximum atomic E-state index is 12.7. The third kappa shape index (κ3) is 6.99. The van der Waals surface area contributed by atoms with Crippen LogP contribution in [-0.4, -0.2) is 53.1 Å². The lowest BCUT2D eigenvalue weighted by Crippen LogP contribution is -2.44. The molecule has 0 bridgehead atoms. The van der Waals surface area contributed by atoms with Gasteiger partial charge in [0.2, 0.25) is 0 Å². The van der Waals surface area contributed by atoms with Crippen molar-refractivity contribution in [2.24, 2.45) is 4.99 Å². The average molecular weight is 437 g/mol. The fraction of sp³-hybridized carbons (Fsp3) is 0.545. The molecule has 2 heterocycles. The summed E-state index contributed by atoms with van der Waals surface area (Å²) in [6.45, 7) is 6.19. The number of alkyl halides is 3. The molecule has 2 N–H and O–H groups in total. The minimum atomic E-state index is -4.29. The Hall–Kier alpha value is -2.55. The number of nitrogens with zero attached hydrogens (tertiary/aromatic N) is 4. The molecule has 1 aromatic carbocycles. The van der Waals surface area contributed by atoms with E-state index in [1.807, 2.05) is 19.3 Å². The first-order valence-corrected chi connectivity index (χ1v) is 10.7. The van der Waals surface area contributed by atoms with Crippen LogP contribution in [-0.2, 0) is 19.3 Å². The molecule has 1 aliphatic rings. The SMILES string of the molecule is CN=C(NCCCCn1ccnc1C)NC1CCN(Cc2ccc(C(F)(F)F)cc2)C1. The summed E-state index contributed by atoms with van der Waals surface area (Å²) in [5, 5.41) is 6.82. The topological polar surface area (TPSA) is 57.5 Å². The van der Waals surface area contributed by atoms with Crippen LogP contribution in [0.2, 0.25) is 0 Å². The molecule has 6 nitrogen and oxygen atoms in total. The van der Waals surface area contributed by atoms with E-state index in [-0.39, 0.29) is 6.04 Å². The van der Waals surface area contributed by atoms with Crippen LogP contribution in [0.25, 0.3) is 0 Å². The first-order valence-electron chi connectivity index (χ1n) is 10.7. The molecule has 0 spiro atoms. The fourth-order valence-corrected chi connectivity index (χ4v) is 3.79. The van der Waals surface area contributed by atoms with E-state index in [2.05, 4.69) is 30.1 Å². The molecule has 1 aliphatic heterocycles. The van der Waals surface area contributed by atoms with Crippen LogP contribution >= 0.6 is 0 Å². The summed E-state index contributed by atoms with van der Waals surface area (Å²) in [4.78, 5) is 10.8. The van der Waals surface area contributed by atoms with Gasteiger partial charge in [0, 0.05) is 58.2 Å². The number of hydrogen-bond acceptors (Lipinski definition) is 3. The van der Waals surface area contributed by atoms with Gasteiger partial charge in [0.25, 0.3) is 0 Å². The van der Waals surface area contributed by atoms with Crippen molar-refractivity contribution in [3.05, 3.63) is 53.6 Å². The van der Waals surface area contributed by atoms with Crippen LogP contribution in [0.4, 0.5) is 13.2 Å². The van der Waals surface area contributed by atoms with Gasteiger partial charge >= 0.3 is 6.18 Å². The van der Waals surface area contributed by atoms with Gasteiger partial charge in [0.1, 0.15) is 5.82 Å². The van der Waals surface area contributed by atoms with Crippen LogP contribution in [0, 0.1) is 6.92 Å². The lowest BCUT2D eigenvalue weighted by molar-refractivity contribution is -0.137. The Morgan fingerprint density at radius 2 is 2.00 bits per heavy atom. The highest BCUT2D eigenvalue weighted by atomic mass is 19.4. The molecule has 31 heavy (non-hydrogen) atoms. The number of unbranched alkanes of at least 4 members (excludes halogenated alkanes) is 1. The fourth-order valence-electron chi connectivity index (χ4n) is 3.79. The molecular weight excluding hydrogens is 405 g/mol. The molecule has 0 aliphatic carbocycles. The quantitative estimate of drug-likeness (QED) is 0.378. The van der Waals surface area contributed by atoms with E-state index in [4.69, 9.17) is 0 Å². The summed E-state index contributed by atoms with van der Waals surface area (Å²) < 4.78 is 40.3. The highest BCUT2D eigenvalue weighted by Crippen LogP contribution is 2.29. The maximum absolute atomic E-state index is 12.7. The number of aliphatic imine (C=N–C) groups is 1. The Labute approximate surface area is 181 Å². The molecule has 1 saturated heterocycles. The summed E-state index contributed by atoms with van der Waals surface area (Å²) in [5.74, 6) is 1.83. The van der Waals surface area contributed by atoms with Gasteiger partial charge in [-0.05, 0) is 43.9 Å². The zero-order valence-corrected chi connectivity index (χ0v) is 18.1. The molecule has 0 saturated carbocycles. The highest BCUT2D eigenvalue weighted by Gasteiger charge is 2.30. The number of nitrogens with one attached hydrogen (secondary N) is 2. The van der Waals surface area contributed by atoms with Crippen LogP contribution < -0.4 is 10.6 Å². The van der Waals surface area contributed by atoms with E-state index in [0.717, 1.165) is 74.9 Å². The number of aryl methyl sites for hydroxylation is 2. The van der Waals surface area contributed by atoms with E-state index >= 15 is 0 Å².